The molecule has 0 bridgehead atoms. The van der Waals surface area contributed by atoms with Crippen molar-refractivity contribution in [3.05, 3.63) is 24.3 Å². The highest BCUT2D eigenvalue weighted by Gasteiger charge is 2.42. The molecule has 0 amide bonds. The standard InChI is InChI=1S/C26H44O6/c1-5-6-11-15-26(31-18-25(2,3)19-32-26)16-14-21-20(22(27)17-23(21)28)12-9-7-8-10-13-24(29)30-4/h7,9,14,16,20-23,27-28H,5-6,8,10-13,15,17-19H2,1-4H3/b9-7-,16-14+/t20-,21-,22+,23-/m1/s1. The summed E-state index contributed by atoms with van der Waals surface area (Å²) < 4.78 is 17.1. The maximum absolute atomic E-state index is 11.2. The van der Waals surface area contributed by atoms with Crippen molar-refractivity contribution in [2.45, 2.75) is 96.6 Å². The number of allylic oxidation sites excluding steroid dienone is 2. The topological polar surface area (TPSA) is 85.2 Å². The fourth-order valence-corrected chi connectivity index (χ4v) is 4.47. The number of aliphatic hydroxyl groups excluding tert-OH is 2. The molecule has 0 radical (unpaired) electrons. The summed E-state index contributed by atoms with van der Waals surface area (Å²) in [6, 6.07) is 0. The molecule has 2 fully saturated rings. The Hall–Kier alpha value is -1.21. The lowest BCUT2D eigenvalue weighted by molar-refractivity contribution is -0.275. The van der Waals surface area contributed by atoms with Gasteiger partial charge in [0.05, 0.1) is 32.5 Å². The van der Waals surface area contributed by atoms with Crippen molar-refractivity contribution in [2.75, 3.05) is 20.3 Å². The molecule has 1 saturated heterocycles. The molecule has 2 rings (SSSR count). The van der Waals surface area contributed by atoms with Gasteiger partial charge in [0.25, 0.3) is 0 Å². The Balaban J connectivity index is 1.99. The number of carbonyl (C=O) groups excluding carboxylic acids is 1. The lowest BCUT2D eigenvalue weighted by atomic mass is 9.88. The predicted molar refractivity (Wildman–Crippen MR) is 125 cm³/mol. The molecule has 1 aliphatic heterocycles. The molecule has 1 heterocycles. The third-order valence-corrected chi connectivity index (χ3v) is 6.59. The van der Waals surface area contributed by atoms with Crippen LogP contribution < -0.4 is 0 Å². The number of carbonyl (C=O) groups is 1. The lowest BCUT2D eigenvalue weighted by Crippen LogP contribution is -2.46. The zero-order valence-corrected chi connectivity index (χ0v) is 20.4. The summed E-state index contributed by atoms with van der Waals surface area (Å²) in [7, 11) is 1.40. The highest BCUT2D eigenvalue weighted by atomic mass is 16.7. The third-order valence-electron chi connectivity index (χ3n) is 6.59. The molecule has 2 aliphatic rings. The van der Waals surface area contributed by atoms with Crippen molar-refractivity contribution in [1.82, 2.24) is 0 Å². The first-order valence-corrected chi connectivity index (χ1v) is 12.3. The summed E-state index contributed by atoms with van der Waals surface area (Å²) >= 11 is 0. The smallest absolute Gasteiger partial charge is 0.305 e. The van der Waals surface area contributed by atoms with E-state index in [1.54, 1.807) is 0 Å². The Morgan fingerprint density at radius 2 is 1.81 bits per heavy atom. The van der Waals surface area contributed by atoms with Gasteiger partial charge in [0, 0.05) is 30.6 Å². The first-order chi connectivity index (χ1) is 15.2. The van der Waals surface area contributed by atoms with E-state index in [1.807, 2.05) is 18.2 Å². The van der Waals surface area contributed by atoms with Crippen molar-refractivity contribution < 1.29 is 29.2 Å². The molecule has 6 heteroatoms. The van der Waals surface area contributed by atoms with E-state index in [0.717, 1.165) is 38.5 Å². The van der Waals surface area contributed by atoms with Crippen molar-refractivity contribution in [1.29, 1.82) is 0 Å². The molecule has 32 heavy (non-hydrogen) atoms. The lowest BCUT2D eigenvalue weighted by Gasteiger charge is -2.42. The van der Waals surface area contributed by atoms with Crippen LogP contribution in [0.2, 0.25) is 0 Å². The molecule has 1 saturated carbocycles. The number of esters is 1. The fraction of sp³-hybridized carbons (Fsp3) is 0.808. The Morgan fingerprint density at radius 1 is 1.09 bits per heavy atom. The van der Waals surface area contributed by atoms with Gasteiger partial charge in [0.1, 0.15) is 0 Å². The SMILES string of the molecule is CCCCCC1(/C=C/[C@@H]2[C@@H](C/C=C\CCCC(=O)OC)[C@@H](O)C[C@H]2O)OCC(C)(C)CO1. The molecule has 1 aliphatic carbocycles. The fourth-order valence-electron chi connectivity index (χ4n) is 4.47. The molecule has 0 spiro atoms. The molecular weight excluding hydrogens is 408 g/mol. The van der Waals surface area contributed by atoms with Gasteiger partial charge in [-0.2, -0.15) is 0 Å². The minimum Gasteiger partial charge on any atom is -0.469 e. The van der Waals surface area contributed by atoms with E-state index < -0.39 is 18.0 Å². The summed E-state index contributed by atoms with van der Waals surface area (Å²) in [6.07, 6.45) is 14.1. The molecule has 0 aromatic heterocycles. The summed E-state index contributed by atoms with van der Waals surface area (Å²) in [5.74, 6) is -1.13. The van der Waals surface area contributed by atoms with Crippen LogP contribution in [0.3, 0.4) is 0 Å². The predicted octanol–water partition coefficient (Wildman–Crippen LogP) is 4.54. The van der Waals surface area contributed by atoms with E-state index in [9.17, 15) is 15.0 Å². The Labute approximate surface area is 194 Å². The zero-order valence-electron chi connectivity index (χ0n) is 20.4. The first-order valence-electron chi connectivity index (χ1n) is 12.3. The van der Waals surface area contributed by atoms with Crippen LogP contribution in [0.5, 0.6) is 0 Å². The van der Waals surface area contributed by atoms with Gasteiger partial charge in [0.2, 0.25) is 0 Å². The maximum Gasteiger partial charge on any atom is 0.305 e. The van der Waals surface area contributed by atoms with Gasteiger partial charge in [-0.1, -0.05) is 51.8 Å². The van der Waals surface area contributed by atoms with E-state index >= 15 is 0 Å². The van der Waals surface area contributed by atoms with Gasteiger partial charge in [-0.15, -0.1) is 0 Å². The Kier molecular flexibility index (Phi) is 10.9. The van der Waals surface area contributed by atoms with Crippen LogP contribution in [0.4, 0.5) is 0 Å². The van der Waals surface area contributed by atoms with Gasteiger partial charge in [-0.3, -0.25) is 4.79 Å². The van der Waals surface area contributed by atoms with Gasteiger partial charge in [-0.05, 0) is 37.7 Å². The number of unbranched alkanes of at least 4 members (excludes halogenated alkanes) is 3. The highest BCUT2D eigenvalue weighted by Crippen LogP contribution is 2.39. The average molecular weight is 453 g/mol. The second-order valence-corrected chi connectivity index (χ2v) is 10.2. The number of hydrogen-bond acceptors (Lipinski definition) is 6. The van der Waals surface area contributed by atoms with Gasteiger partial charge >= 0.3 is 5.97 Å². The number of hydrogen-bond donors (Lipinski definition) is 2. The van der Waals surface area contributed by atoms with Crippen molar-refractivity contribution in [3.63, 3.8) is 0 Å². The Bertz CT molecular complexity index is 616. The molecular formula is C26H44O6. The summed E-state index contributed by atoms with van der Waals surface area (Å²) in [4.78, 5) is 11.2. The quantitative estimate of drug-likeness (QED) is 0.257. The largest absolute Gasteiger partial charge is 0.469 e. The normalized spacial score (nSPS) is 29.7. The molecule has 0 aromatic carbocycles. The van der Waals surface area contributed by atoms with E-state index in [-0.39, 0.29) is 23.2 Å². The highest BCUT2D eigenvalue weighted by molar-refractivity contribution is 5.69. The van der Waals surface area contributed by atoms with Crippen LogP contribution in [0.25, 0.3) is 0 Å². The number of rotatable bonds is 12. The van der Waals surface area contributed by atoms with Crippen LogP contribution in [-0.2, 0) is 19.0 Å². The van der Waals surface area contributed by atoms with E-state index in [1.165, 1.54) is 7.11 Å². The third kappa shape index (κ3) is 8.29. The maximum atomic E-state index is 11.2. The van der Waals surface area contributed by atoms with E-state index in [0.29, 0.717) is 32.5 Å². The van der Waals surface area contributed by atoms with Crippen LogP contribution >= 0.6 is 0 Å². The van der Waals surface area contributed by atoms with Gasteiger partial charge < -0.3 is 24.4 Å². The van der Waals surface area contributed by atoms with Crippen LogP contribution in [0.1, 0.15) is 78.6 Å². The summed E-state index contributed by atoms with van der Waals surface area (Å²) in [6.45, 7) is 7.72. The average Bonchev–Trinajstić information content (AvgIpc) is 3.03. The molecule has 184 valence electrons. The minimum atomic E-state index is -0.744. The van der Waals surface area contributed by atoms with Crippen molar-refractivity contribution in [2.24, 2.45) is 17.3 Å². The number of ether oxygens (including phenoxy) is 3. The molecule has 6 nitrogen and oxygen atoms in total. The molecule has 2 N–H and O–H groups in total. The first kappa shape index (κ1) is 27.0. The molecule has 0 aromatic rings. The second-order valence-electron chi connectivity index (χ2n) is 10.2. The van der Waals surface area contributed by atoms with E-state index in [4.69, 9.17) is 9.47 Å². The Morgan fingerprint density at radius 3 is 2.47 bits per heavy atom. The molecule has 0 unspecified atom stereocenters. The van der Waals surface area contributed by atoms with Gasteiger partial charge in [-0.25, -0.2) is 0 Å². The monoisotopic (exact) mass is 452 g/mol. The molecule has 4 atom stereocenters. The zero-order chi connectivity index (χ0) is 23.6. The number of aliphatic hydroxyl groups is 2. The van der Waals surface area contributed by atoms with Gasteiger partial charge in [0.15, 0.2) is 5.79 Å². The number of methoxy groups -OCH3 is 1. The summed E-state index contributed by atoms with van der Waals surface area (Å²) in [5, 5.41) is 21.1. The summed E-state index contributed by atoms with van der Waals surface area (Å²) in [5.41, 5.74) is -0.00758. The second kappa shape index (κ2) is 12.9. The van der Waals surface area contributed by atoms with Crippen LogP contribution in [0.15, 0.2) is 24.3 Å². The van der Waals surface area contributed by atoms with Crippen molar-refractivity contribution in [3.8, 4) is 0 Å². The van der Waals surface area contributed by atoms with Crippen molar-refractivity contribution >= 4 is 5.97 Å². The van der Waals surface area contributed by atoms with E-state index in [2.05, 4.69) is 31.6 Å². The van der Waals surface area contributed by atoms with Crippen LogP contribution in [0, 0.1) is 17.3 Å². The van der Waals surface area contributed by atoms with Crippen LogP contribution in [-0.4, -0.2) is 54.5 Å². The minimum absolute atomic E-state index is 0.00758.